The largest absolute Gasteiger partial charge is 0.395 e. The lowest BCUT2D eigenvalue weighted by Crippen LogP contribution is -2.34. The average molecular weight is 208 g/mol. The van der Waals surface area contributed by atoms with Crippen molar-refractivity contribution in [2.24, 2.45) is 0 Å². The molecule has 1 N–H and O–H groups in total. The lowest BCUT2D eigenvalue weighted by molar-refractivity contribution is 0.0721. The van der Waals surface area contributed by atoms with Gasteiger partial charge in [0, 0.05) is 25.5 Å². The van der Waals surface area contributed by atoms with Gasteiger partial charge in [-0.1, -0.05) is 6.92 Å². The van der Waals surface area contributed by atoms with Crippen LogP contribution in [0.3, 0.4) is 0 Å². The molecule has 1 aromatic rings. The molecule has 0 aliphatic rings. The summed E-state index contributed by atoms with van der Waals surface area (Å²) in [6.45, 7) is 3.03. The zero-order valence-corrected chi connectivity index (χ0v) is 8.89. The Bertz CT molecular complexity index is 295. The van der Waals surface area contributed by atoms with Crippen LogP contribution in [0, 0.1) is 0 Å². The Labute approximate surface area is 89.6 Å². The minimum Gasteiger partial charge on any atom is -0.395 e. The van der Waals surface area contributed by atoms with Crippen molar-refractivity contribution in [2.45, 2.75) is 13.3 Å². The number of rotatable bonds is 5. The standard InChI is InChI=1S/C11H16N2O2/c1-2-6-13(7-8-14)11(15)10-4-3-5-12-9-10/h3-5,9,14H,2,6-8H2,1H3. The van der Waals surface area contributed by atoms with Crippen molar-refractivity contribution in [3.63, 3.8) is 0 Å². The number of carbonyl (C=O) groups excluding carboxylic acids is 1. The van der Waals surface area contributed by atoms with E-state index in [2.05, 4.69) is 4.98 Å². The molecule has 1 heterocycles. The first-order chi connectivity index (χ1) is 7.29. The van der Waals surface area contributed by atoms with Gasteiger partial charge in [-0.25, -0.2) is 0 Å². The molecule has 0 spiro atoms. The molecule has 1 amide bonds. The fourth-order valence-electron chi connectivity index (χ4n) is 1.38. The van der Waals surface area contributed by atoms with Crippen LogP contribution in [0.1, 0.15) is 23.7 Å². The number of nitrogens with zero attached hydrogens (tertiary/aromatic N) is 2. The Hall–Kier alpha value is -1.42. The van der Waals surface area contributed by atoms with Gasteiger partial charge in [-0.05, 0) is 18.6 Å². The van der Waals surface area contributed by atoms with Gasteiger partial charge < -0.3 is 10.0 Å². The third-order valence-electron chi connectivity index (χ3n) is 2.06. The van der Waals surface area contributed by atoms with E-state index < -0.39 is 0 Å². The normalized spacial score (nSPS) is 10.0. The predicted molar refractivity (Wildman–Crippen MR) is 57.5 cm³/mol. The van der Waals surface area contributed by atoms with Crippen LogP contribution < -0.4 is 0 Å². The quantitative estimate of drug-likeness (QED) is 0.783. The highest BCUT2D eigenvalue weighted by Gasteiger charge is 2.13. The number of hydrogen-bond acceptors (Lipinski definition) is 3. The number of amides is 1. The van der Waals surface area contributed by atoms with Gasteiger partial charge in [0.2, 0.25) is 0 Å². The maximum atomic E-state index is 11.9. The number of carbonyl (C=O) groups is 1. The SMILES string of the molecule is CCCN(CCO)C(=O)c1cccnc1. The molecule has 4 nitrogen and oxygen atoms in total. The van der Waals surface area contributed by atoms with Crippen molar-refractivity contribution in [3.8, 4) is 0 Å². The van der Waals surface area contributed by atoms with Crippen LogP contribution in [0.25, 0.3) is 0 Å². The summed E-state index contributed by atoms with van der Waals surface area (Å²) in [6.07, 6.45) is 4.06. The molecule has 4 heteroatoms. The molecule has 0 aliphatic carbocycles. The van der Waals surface area contributed by atoms with E-state index >= 15 is 0 Å². The Kier molecular flexibility index (Phi) is 4.77. The second-order valence-corrected chi connectivity index (χ2v) is 3.26. The van der Waals surface area contributed by atoms with Crippen LogP contribution in [0.5, 0.6) is 0 Å². The maximum absolute atomic E-state index is 11.9. The second kappa shape index (κ2) is 6.14. The topological polar surface area (TPSA) is 53.4 Å². The van der Waals surface area contributed by atoms with Crippen LogP contribution in [-0.4, -0.2) is 40.6 Å². The van der Waals surface area contributed by atoms with Gasteiger partial charge in [0.1, 0.15) is 0 Å². The summed E-state index contributed by atoms with van der Waals surface area (Å²) in [5, 5.41) is 8.85. The van der Waals surface area contributed by atoms with E-state index in [9.17, 15) is 4.79 Å². The number of pyridine rings is 1. The Balaban J connectivity index is 2.71. The molecule has 0 fully saturated rings. The molecule has 0 atom stereocenters. The average Bonchev–Trinajstić information content (AvgIpc) is 2.29. The lowest BCUT2D eigenvalue weighted by Gasteiger charge is -2.20. The van der Waals surface area contributed by atoms with Crippen LogP contribution in [0.4, 0.5) is 0 Å². The number of aromatic nitrogens is 1. The first-order valence-electron chi connectivity index (χ1n) is 5.09. The first-order valence-corrected chi connectivity index (χ1v) is 5.09. The van der Waals surface area contributed by atoms with E-state index in [0.717, 1.165) is 6.42 Å². The molecule has 15 heavy (non-hydrogen) atoms. The molecule has 82 valence electrons. The van der Waals surface area contributed by atoms with Gasteiger partial charge in [0.05, 0.1) is 12.2 Å². The number of hydrogen-bond donors (Lipinski definition) is 1. The highest BCUT2D eigenvalue weighted by Crippen LogP contribution is 2.03. The molecule has 0 radical (unpaired) electrons. The van der Waals surface area contributed by atoms with Gasteiger partial charge in [-0.3, -0.25) is 9.78 Å². The van der Waals surface area contributed by atoms with Gasteiger partial charge in [0.15, 0.2) is 0 Å². The number of aliphatic hydroxyl groups is 1. The highest BCUT2D eigenvalue weighted by molar-refractivity contribution is 5.93. The smallest absolute Gasteiger partial charge is 0.255 e. The monoisotopic (exact) mass is 208 g/mol. The van der Waals surface area contributed by atoms with Gasteiger partial charge >= 0.3 is 0 Å². The highest BCUT2D eigenvalue weighted by atomic mass is 16.3. The zero-order chi connectivity index (χ0) is 11.1. The molecular weight excluding hydrogens is 192 g/mol. The van der Waals surface area contributed by atoms with Crippen LogP contribution in [-0.2, 0) is 0 Å². The van der Waals surface area contributed by atoms with Crippen molar-refractivity contribution >= 4 is 5.91 Å². The summed E-state index contributed by atoms with van der Waals surface area (Å²) in [4.78, 5) is 17.4. The van der Waals surface area contributed by atoms with E-state index in [1.165, 1.54) is 0 Å². The van der Waals surface area contributed by atoms with Gasteiger partial charge in [0.25, 0.3) is 5.91 Å². The molecule has 0 unspecified atom stereocenters. The summed E-state index contributed by atoms with van der Waals surface area (Å²) in [5.74, 6) is -0.0704. The van der Waals surface area contributed by atoms with E-state index in [-0.39, 0.29) is 12.5 Å². The zero-order valence-electron chi connectivity index (χ0n) is 8.89. The van der Waals surface area contributed by atoms with E-state index in [0.29, 0.717) is 18.7 Å². The molecular formula is C11H16N2O2. The van der Waals surface area contributed by atoms with Crippen LogP contribution >= 0.6 is 0 Å². The van der Waals surface area contributed by atoms with Crippen molar-refractivity contribution < 1.29 is 9.90 Å². The summed E-state index contributed by atoms with van der Waals surface area (Å²) < 4.78 is 0. The van der Waals surface area contributed by atoms with Crippen molar-refractivity contribution in [1.29, 1.82) is 0 Å². The molecule has 0 saturated heterocycles. The third kappa shape index (κ3) is 3.32. The minimum absolute atomic E-state index is 0.00793. The summed E-state index contributed by atoms with van der Waals surface area (Å²) >= 11 is 0. The van der Waals surface area contributed by atoms with Crippen molar-refractivity contribution in [2.75, 3.05) is 19.7 Å². The summed E-state index contributed by atoms with van der Waals surface area (Å²) in [6, 6.07) is 3.46. The van der Waals surface area contributed by atoms with E-state index in [4.69, 9.17) is 5.11 Å². The third-order valence-corrected chi connectivity index (χ3v) is 2.06. The van der Waals surface area contributed by atoms with Crippen LogP contribution in [0.2, 0.25) is 0 Å². The fourth-order valence-corrected chi connectivity index (χ4v) is 1.38. The summed E-state index contributed by atoms with van der Waals surface area (Å²) in [5.41, 5.74) is 0.569. The minimum atomic E-state index is -0.0704. The van der Waals surface area contributed by atoms with Gasteiger partial charge in [-0.2, -0.15) is 0 Å². The molecule has 1 aromatic heterocycles. The van der Waals surface area contributed by atoms with E-state index in [1.807, 2.05) is 6.92 Å². The first kappa shape index (κ1) is 11.7. The van der Waals surface area contributed by atoms with E-state index in [1.54, 1.807) is 29.4 Å². The molecule has 0 aromatic carbocycles. The molecule has 0 bridgehead atoms. The molecule has 0 saturated carbocycles. The fraction of sp³-hybridized carbons (Fsp3) is 0.455. The Morgan fingerprint density at radius 3 is 2.87 bits per heavy atom. The van der Waals surface area contributed by atoms with Crippen molar-refractivity contribution in [3.05, 3.63) is 30.1 Å². The second-order valence-electron chi connectivity index (χ2n) is 3.26. The van der Waals surface area contributed by atoms with Gasteiger partial charge in [-0.15, -0.1) is 0 Å². The Morgan fingerprint density at radius 2 is 2.33 bits per heavy atom. The molecule has 0 aliphatic heterocycles. The lowest BCUT2D eigenvalue weighted by atomic mass is 10.2. The predicted octanol–water partition coefficient (Wildman–Crippen LogP) is 0.926. The maximum Gasteiger partial charge on any atom is 0.255 e. The molecule has 1 rings (SSSR count). The Morgan fingerprint density at radius 1 is 1.53 bits per heavy atom. The number of aliphatic hydroxyl groups excluding tert-OH is 1. The summed E-state index contributed by atoms with van der Waals surface area (Å²) in [7, 11) is 0. The van der Waals surface area contributed by atoms with Crippen LogP contribution in [0.15, 0.2) is 24.5 Å². The van der Waals surface area contributed by atoms with Crippen molar-refractivity contribution in [1.82, 2.24) is 9.88 Å².